The van der Waals surface area contributed by atoms with Crippen LogP contribution in [0.5, 0.6) is 0 Å². The molecule has 19 heavy (non-hydrogen) atoms. The van der Waals surface area contributed by atoms with Crippen LogP contribution in [0.25, 0.3) is 0 Å². The molecule has 0 aromatic carbocycles. The lowest BCUT2D eigenvalue weighted by Crippen LogP contribution is -2.43. The highest BCUT2D eigenvalue weighted by molar-refractivity contribution is 4.81. The molecular formula is C17H38N2. The van der Waals surface area contributed by atoms with E-state index in [9.17, 15) is 0 Å². The van der Waals surface area contributed by atoms with Gasteiger partial charge in [0.1, 0.15) is 0 Å². The van der Waals surface area contributed by atoms with Gasteiger partial charge in [-0.25, -0.2) is 0 Å². The Morgan fingerprint density at radius 1 is 1.11 bits per heavy atom. The third-order valence-electron chi connectivity index (χ3n) is 4.13. The Kier molecular flexibility index (Phi) is 9.72. The first-order valence-electron chi connectivity index (χ1n) is 8.30. The molecule has 116 valence electrons. The Balaban J connectivity index is 4.26. The van der Waals surface area contributed by atoms with E-state index in [4.69, 9.17) is 0 Å². The van der Waals surface area contributed by atoms with Crippen LogP contribution in [0, 0.1) is 11.3 Å². The maximum atomic E-state index is 3.73. The van der Waals surface area contributed by atoms with Crippen molar-refractivity contribution < 1.29 is 0 Å². The maximum Gasteiger partial charge on any atom is 0.0128 e. The van der Waals surface area contributed by atoms with Crippen LogP contribution in [0.1, 0.15) is 67.7 Å². The molecule has 0 fully saturated rings. The minimum Gasteiger partial charge on any atom is -0.313 e. The molecule has 0 aliphatic carbocycles. The number of rotatable bonds is 10. The van der Waals surface area contributed by atoms with Crippen LogP contribution < -0.4 is 5.32 Å². The molecule has 0 saturated heterocycles. The van der Waals surface area contributed by atoms with Crippen LogP contribution in [-0.2, 0) is 0 Å². The van der Waals surface area contributed by atoms with Crippen molar-refractivity contribution in [2.45, 2.75) is 73.8 Å². The quantitative estimate of drug-likeness (QED) is 0.641. The van der Waals surface area contributed by atoms with E-state index in [0.29, 0.717) is 11.5 Å². The highest BCUT2D eigenvalue weighted by atomic mass is 15.1. The molecule has 2 heteroatoms. The largest absolute Gasteiger partial charge is 0.313 e. The van der Waals surface area contributed by atoms with Crippen LogP contribution in [-0.4, -0.2) is 37.1 Å². The summed E-state index contributed by atoms with van der Waals surface area (Å²) in [6.45, 7) is 21.0. The molecule has 0 aliphatic rings. The molecule has 1 N–H and O–H groups in total. The van der Waals surface area contributed by atoms with Crippen molar-refractivity contribution >= 4 is 0 Å². The van der Waals surface area contributed by atoms with Crippen molar-refractivity contribution in [1.82, 2.24) is 10.2 Å². The van der Waals surface area contributed by atoms with Gasteiger partial charge in [0, 0.05) is 12.6 Å². The standard InChI is InChI=1S/C17H38N2/c1-8-12-18-16(17(5,6)7)11-13-19(10-3)14-15(4)9-2/h15-16,18H,8-14H2,1-7H3. The first-order chi connectivity index (χ1) is 8.85. The fourth-order valence-electron chi connectivity index (χ4n) is 2.42. The molecule has 0 heterocycles. The van der Waals surface area contributed by atoms with Crippen LogP contribution >= 0.6 is 0 Å². The molecule has 2 nitrogen and oxygen atoms in total. The van der Waals surface area contributed by atoms with Gasteiger partial charge >= 0.3 is 0 Å². The molecule has 0 aromatic rings. The molecule has 2 atom stereocenters. The monoisotopic (exact) mass is 270 g/mol. The van der Waals surface area contributed by atoms with Crippen molar-refractivity contribution in [2.24, 2.45) is 11.3 Å². The zero-order chi connectivity index (χ0) is 14.9. The highest BCUT2D eigenvalue weighted by Crippen LogP contribution is 2.22. The molecule has 0 spiro atoms. The maximum absolute atomic E-state index is 3.73. The summed E-state index contributed by atoms with van der Waals surface area (Å²) >= 11 is 0. The van der Waals surface area contributed by atoms with Crippen LogP contribution in [0.15, 0.2) is 0 Å². The summed E-state index contributed by atoms with van der Waals surface area (Å²) in [5.41, 5.74) is 0.352. The van der Waals surface area contributed by atoms with Crippen molar-refractivity contribution in [3.63, 3.8) is 0 Å². The molecule has 0 aromatic heterocycles. The minimum atomic E-state index is 0.352. The Morgan fingerprint density at radius 3 is 2.16 bits per heavy atom. The Bertz CT molecular complexity index is 208. The third-order valence-corrected chi connectivity index (χ3v) is 4.13. The Hall–Kier alpha value is -0.0800. The summed E-state index contributed by atoms with van der Waals surface area (Å²) in [5.74, 6) is 0.816. The molecular weight excluding hydrogens is 232 g/mol. The minimum absolute atomic E-state index is 0.352. The van der Waals surface area contributed by atoms with Crippen molar-refractivity contribution in [3.05, 3.63) is 0 Å². The van der Waals surface area contributed by atoms with Crippen molar-refractivity contribution in [3.8, 4) is 0 Å². The van der Waals surface area contributed by atoms with E-state index in [1.807, 2.05) is 0 Å². The predicted molar refractivity (Wildman–Crippen MR) is 87.7 cm³/mol. The first kappa shape index (κ1) is 18.9. The van der Waals surface area contributed by atoms with Gasteiger partial charge in [0.05, 0.1) is 0 Å². The second-order valence-corrected chi connectivity index (χ2v) is 7.07. The van der Waals surface area contributed by atoms with E-state index in [-0.39, 0.29) is 0 Å². The van der Waals surface area contributed by atoms with Crippen molar-refractivity contribution in [1.29, 1.82) is 0 Å². The zero-order valence-electron chi connectivity index (χ0n) is 14.6. The smallest absolute Gasteiger partial charge is 0.0128 e. The number of nitrogens with zero attached hydrogens (tertiary/aromatic N) is 1. The average Bonchev–Trinajstić information content (AvgIpc) is 2.35. The normalized spacial score (nSPS) is 15.8. The Labute approximate surface area is 122 Å². The molecule has 0 rings (SSSR count). The fourth-order valence-corrected chi connectivity index (χ4v) is 2.42. The van der Waals surface area contributed by atoms with Gasteiger partial charge in [0.2, 0.25) is 0 Å². The highest BCUT2D eigenvalue weighted by Gasteiger charge is 2.24. The average molecular weight is 271 g/mol. The van der Waals surface area contributed by atoms with Gasteiger partial charge in [-0.1, -0.05) is 54.9 Å². The molecule has 0 aliphatic heterocycles. The molecule has 0 saturated carbocycles. The van der Waals surface area contributed by atoms with Gasteiger partial charge in [-0.3, -0.25) is 0 Å². The van der Waals surface area contributed by atoms with E-state index >= 15 is 0 Å². The summed E-state index contributed by atoms with van der Waals surface area (Å²) in [6.07, 6.45) is 3.76. The van der Waals surface area contributed by atoms with Crippen LogP contribution in [0.2, 0.25) is 0 Å². The lowest BCUT2D eigenvalue weighted by Gasteiger charge is -2.34. The summed E-state index contributed by atoms with van der Waals surface area (Å²) in [5, 5.41) is 3.73. The van der Waals surface area contributed by atoms with Gasteiger partial charge in [-0.05, 0) is 43.8 Å². The predicted octanol–water partition coefficient (Wildman–Crippen LogP) is 4.16. The van der Waals surface area contributed by atoms with E-state index in [0.717, 1.165) is 12.5 Å². The van der Waals surface area contributed by atoms with E-state index in [2.05, 4.69) is 58.7 Å². The van der Waals surface area contributed by atoms with Gasteiger partial charge in [0.25, 0.3) is 0 Å². The fraction of sp³-hybridized carbons (Fsp3) is 1.00. The third kappa shape index (κ3) is 8.65. The van der Waals surface area contributed by atoms with Gasteiger partial charge in [-0.15, -0.1) is 0 Å². The summed E-state index contributed by atoms with van der Waals surface area (Å²) in [7, 11) is 0. The van der Waals surface area contributed by atoms with Gasteiger partial charge < -0.3 is 10.2 Å². The van der Waals surface area contributed by atoms with Gasteiger partial charge in [-0.2, -0.15) is 0 Å². The lowest BCUT2D eigenvalue weighted by molar-refractivity contribution is 0.193. The van der Waals surface area contributed by atoms with E-state index in [1.54, 1.807) is 0 Å². The molecule has 0 bridgehead atoms. The number of nitrogens with one attached hydrogen (secondary N) is 1. The number of hydrogen-bond donors (Lipinski definition) is 1. The second-order valence-electron chi connectivity index (χ2n) is 7.07. The zero-order valence-corrected chi connectivity index (χ0v) is 14.6. The number of hydrogen-bond acceptors (Lipinski definition) is 2. The molecule has 0 radical (unpaired) electrons. The van der Waals surface area contributed by atoms with E-state index in [1.165, 1.54) is 38.9 Å². The Morgan fingerprint density at radius 2 is 1.74 bits per heavy atom. The molecule has 0 amide bonds. The topological polar surface area (TPSA) is 15.3 Å². The lowest BCUT2D eigenvalue weighted by atomic mass is 9.84. The first-order valence-corrected chi connectivity index (χ1v) is 8.30. The molecule has 2 unspecified atom stereocenters. The second kappa shape index (κ2) is 9.77. The van der Waals surface area contributed by atoms with E-state index < -0.39 is 0 Å². The van der Waals surface area contributed by atoms with Crippen LogP contribution in [0.3, 0.4) is 0 Å². The SMILES string of the molecule is CCCNC(CCN(CC)CC(C)CC)C(C)(C)C. The summed E-state index contributed by atoms with van der Waals surface area (Å²) in [6, 6.07) is 0.624. The summed E-state index contributed by atoms with van der Waals surface area (Å²) < 4.78 is 0. The van der Waals surface area contributed by atoms with Crippen molar-refractivity contribution in [2.75, 3.05) is 26.2 Å². The van der Waals surface area contributed by atoms with Gasteiger partial charge in [0.15, 0.2) is 0 Å². The summed E-state index contributed by atoms with van der Waals surface area (Å²) in [4.78, 5) is 2.61. The van der Waals surface area contributed by atoms with Crippen LogP contribution in [0.4, 0.5) is 0 Å².